The SMILES string of the molecule is O=S(=O)(NCC[C@H]1CCCCN1S(=O)(=O)c1cccs1)c1cccnc1. The predicted molar refractivity (Wildman–Crippen MR) is 99.9 cm³/mol. The van der Waals surface area contributed by atoms with E-state index in [1.807, 2.05) is 0 Å². The molecule has 142 valence electrons. The predicted octanol–water partition coefficient (Wildman–Crippen LogP) is 2.05. The molecule has 0 aromatic carbocycles. The molecule has 3 rings (SSSR count). The third-order valence-electron chi connectivity index (χ3n) is 4.35. The molecule has 0 unspecified atom stereocenters. The summed E-state index contributed by atoms with van der Waals surface area (Å²) in [4.78, 5) is 3.92. The molecule has 10 heteroatoms. The fourth-order valence-corrected chi connectivity index (χ4v) is 6.91. The lowest BCUT2D eigenvalue weighted by Gasteiger charge is -2.34. The molecule has 1 aliphatic rings. The topological polar surface area (TPSA) is 96.4 Å². The van der Waals surface area contributed by atoms with Crippen LogP contribution in [0.4, 0.5) is 0 Å². The third kappa shape index (κ3) is 4.32. The summed E-state index contributed by atoms with van der Waals surface area (Å²) in [6.45, 7) is 0.651. The zero-order valence-electron chi connectivity index (χ0n) is 14.1. The van der Waals surface area contributed by atoms with Crippen LogP contribution in [0.5, 0.6) is 0 Å². The Hall–Kier alpha value is -1.33. The Balaban J connectivity index is 1.66. The van der Waals surface area contributed by atoms with Crippen molar-refractivity contribution in [3.8, 4) is 0 Å². The van der Waals surface area contributed by atoms with Crippen LogP contribution in [0.3, 0.4) is 0 Å². The fraction of sp³-hybridized carbons (Fsp3) is 0.438. The van der Waals surface area contributed by atoms with Gasteiger partial charge in [-0.15, -0.1) is 11.3 Å². The molecule has 0 amide bonds. The molecule has 0 spiro atoms. The number of nitrogens with one attached hydrogen (secondary N) is 1. The van der Waals surface area contributed by atoms with Crippen molar-refractivity contribution in [2.45, 2.75) is 40.8 Å². The number of hydrogen-bond donors (Lipinski definition) is 1. The van der Waals surface area contributed by atoms with Crippen molar-refractivity contribution in [2.75, 3.05) is 13.1 Å². The molecular weight excluding hydrogens is 394 g/mol. The molecule has 0 aliphatic carbocycles. The van der Waals surface area contributed by atoms with E-state index >= 15 is 0 Å². The lowest BCUT2D eigenvalue weighted by Crippen LogP contribution is -2.44. The van der Waals surface area contributed by atoms with Gasteiger partial charge in [0, 0.05) is 31.5 Å². The molecule has 2 aromatic rings. The molecule has 0 saturated carbocycles. The van der Waals surface area contributed by atoms with Gasteiger partial charge in [0.2, 0.25) is 10.0 Å². The summed E-state index contributed by atoms with van der Waals surface area (Å²) < 4.78 is 54.6. The van der Waals surface area contributed by atoms with Crippen LogP contribution < -0.4 is 4.72 Å². The van der Waals surface area contributed by atoms with E-state index in [4.69, 9.17) is 0 Å². The Bertz CT molecular complexity index is 913. The molecular formula is C16H21N3O4S3. The van der Waals surface area contributed by atoms with Gasteiger partial charge in [0.15, 0.2) is 0 Å². The van der Waals surface area contributed by atoms with Crippen molar-refractivity contribution in [2.24, 2.45) is 0 Å². The molecule has 3 heterocycles. The van der Waals surface area contributed by atoms with Gasteiger partial charge in [0.05, 0.1) is 0 Å². The summed E-state index contributed by atoms with van der Waals surface area (Å²) in [5.74, 6) is 0. The van der Waals surface area contributed by atoms with E-state index in [-0.39, 0.29) is 17.5 Å². The number of hydrogen-bond acceptors (Lipinski definition) is 6. The average Bonchev–Trinajstić information content (AvgIpc) is 3.18. The first-order valence-corrected chi connectivity index (χ1v) is 12.2. The van der Waals surface area contributed by atoms with E-state index in [2.05, 4.69) is 9.71 Å². The van der Waals surface area contributed by atoms with Crippen LogP contribution in [0.1, 0.15) is 25.7 Å². The van der Waals surface area contributed by atoms with E-state index in [1.54, 1.807) is 23.6 Å². The smallest absolute Gasteiger partial charge is 0.252 e. The average molecular weight is 416 g/mol. The largest absolute Gasteiger partial charge is 0.263 e. The van der Waals surface area contributed by atoms with Gasteiger partial charge in [0.25, 0.3) is 10.0 Å². The van der Waals surface area contributed by atoms with E-state index in [1.165, 1.54) is 34.1 Å². The highest BCUT2D eigenvalue weighted by atomic mass is 32.2. The fourth-order valence-electron chi connectivity index (χ4n) is 3.05. The highest BCUT2D eigenvalue weighted by molar-refractivity contribution is 7.91. The molecule has 1 fully saturated rings. The number of rotatable bonds is 7. The summed E-state index contributed by atoms with van der Waals surface area (Å²) in [6, 6.07) is 6.16. The van der Waals surface area contributed by atoms with Crippen molar-refractivity contribution < 1.29 is 16.8 Å². The molecule has 1 saturated heterocycles. The minimum Gasteiger partial charge on any atom is -0.263 e. The van der Waals surface area contributed by atoms with Crippen LogP contribution in [0.2, 0.25) is 0 Å². The van der Waals surface area contributed by atoms with Crippen LogP contribution in [0.15, 0.2) is 51.1 Å². The third-order valence-corrected chi connectivity index (χ3v) is 9.12. The molecule has 0 bridgehead atoms. The summed E-state index contributed by atoms with van der Waals surface area (Å²) in [6.07, 6.45) is 5.73. The quantitative estimate of drug-likeness (QED) is 0.747. The van der Waals surface area contributed by atoms with E-state index < -0.39 is 20.0 Å². The summed E-state index contributed by atoms with van der Waals surface area (Å²) in [5.41, 5.74) is 0. The second-order valence-corrected chi connectivity index (χ2v) is 10.9. The van der Waals surface area contributed by atoms with Crippen molar-refractivity contribution >= 4 is 31.4 Å². The number of nitrogens with zero attached hydrogens (tertiary/aromatic N) is 2. The molecule has 2 aromatic heterocycles. The lowest BCUT2D eigenvalue weighted by molar-refractivity contribution is 0.242. The van der Waals surface area contributed by atoms with Gasteiger partial charge in [0.1, 0.15) is 9.10 Å². The first-order valence-electron chi connectivity index (χ1n) is 8.36. The summed E-state index contributed by atoms with van der Waals surface area (Å²) >= 11 is 1.20. The van der Waals surface area contributed by atoms with Gasteiger partial charge in [-0.25, -0.2) is 21.6 Å². The maximum atomic E-state index is 12.8. The van der Waals surface area contributed by atoms with Gasteiger partial charge in [-0.2, -0.15) is 4.31 Å². The molecule has 26 heavy (non-hydrogen) atoms. The number of pyridine rings is 1. The van der Waals surface area contributed by atoms with Crippen LogP contribution in [0, 0.1) is 0 Å². The Morgan fingerprint density at radius 1 is 1.19 bits per heavy atom. The van der Waals surface area contributed by atoms with Crippen LogP contribution in [-0.4, -0.2) is 45.3 Å². The summed E-state index contributed by atoms with van der Waals surface area (Å²) in [7, 11) is -7.16. The highest BCUT2D eigenvalue weighted by Gasteiger charge is 2.33. The first kappa shape index (κ1) is 19.4. The molecule has 1 N–H and O–H groups in total. The Kier molecular flexibility index (Phi) is 6.08. The van der Waals surface area contributed by atoms with Crippen LogP contribution in [-0.2, 0) is 20.0 Å². The number of thiophene rings is 1. The molecule has 7 nitrogen and oxygen atoms in total. The molecule has 0 radical (unpaired) electrons. The number of aromatic nitrogens is 1. The van der Waals surface area contributed by atoms with Crippen molar-refractivity contribution in [1.82, 2.24) is 14.0 Å². The van der Waals surface area contributed by atoms with Gasteiger partial charge in [-0.05, 0) is 42.8 Å². The highest BCUT2D eigenvalue weighted by Crippen LogP contribution is 2.29. The van der Waals surface area contributed by atoms with Gasteiger partial charge in [-0.1, -0.05) is 12.5 Å². The zero-order valence-corrected chi connectivity index (χ0v) is 16.6. The zero-order chi connectivity index (χ0) is 18.6. The molecule has 1 atom stereocenters. The van der Waals surface area contributed by atoms with Crippen molar-refractivity contribution in [1.29, 1.82) is 0 Å². The van der Waals surface area contributed by atoms with Gasteiger partial charge in [-0.3, -0.25) is 4.98 Å². The standard InChI is InChI=1S/C16H21N3O4S3/c20-25(21,15-6-3-9-17-13-15)18-10-8-14-5-1-2-11-19(14)26(22,23)16-7-4-12-24-16/h3-4,6-7,9,12-14,18H,1-2,5,8,10-11H2/t14-/m1/s1. The second-order valence-electron chi connectivity index (χ2n) is 6.07. The van der Waals surface area contributed by atoms with Crippen LogP contribution >= 0.6 is 11.3 Å². The minimum atomic E-state index is -3.64. The van der Waals surface area contributed by atoms with Gasteiger partial charge >= 0.3 is 0 Å². The maximum Gasteiger partial charge on any atom is 0.252 e. The number of sulfonamides is 2. The lowest BCUT2D eigenvalue weighted by atomic mass is 10.0. The van der Waals surface area contributed by atoms with Crippen LogP contribution in [0.25, 0.3) is 0 Å². The Labute approximate surface area is 158 Å². The normalized spacial score (nSPS) is 19.5. The molecule has 1 aliphatic heterocycles. The summed E-state index contributed by atoms with van der Waals surface area (Å²) in [5, 5.41) is 1.74. The first-order chi connectivity index (χ1) is 12.4. The van der Waals surface area contributed by atoms with E-state index in [0.717, 1.165) is 19.3 Å². The second kappa shape index (κ2) is 8.13. The van der Waals surface area contributed by atoms with E-state index in [0.29, 0.717) is 17.2 Å². The Morgan fingerprint density at radius 2 is 2.04 bits per heavy atom. The van der Waals surface area contributed by atoms with Gasteiger partial charge < -0.3 is 0 Å². The van der Waals surface area contributed by atoms with Crippen molar-refractivity contribution in [3.63, 3.8) is 0 Å². The maximum absolute atomic E-state index is 12.8. The Morgan fingerprint density at radius 3 is 2.73 bits per heavy atom. The minimum absolute atomic E-state index is 0.103. The monoisotopic (exact) mass is 415 g/mol. The number of piperidine rings is 1. The van der Waals surface area contributed by atoms with E-state index in [9.17, 15) is 16.8 Å². The van der Waals surface area contributed by atoms with Crippen molar-refractivity contribution in [3.05, 3.63) is 42.0 Å².